The summed E-state index contributed by atoms with van der Waals surface area (Å²) >= 11 is 0. The van der Waals surface area contributed by atoms with Gasteiger partial charge in [-0.05, 0) is 17.9 Å². The van der Waals surface area contributed by atoms with Crippen molar-refractivity contribution in [2.24, 2.45) is 5.92 Å². The SMILES string of the molecule is c1ccc([C@@H]2C[C@H]2C2OCCO2)cc1. The molecule has 14 heavy (non-hydrogen) atoms. The summed E-state index contributed by atoms with van der Waals surface area (Å²) in [6.07, 6.45) is 1.29. The van der Waals surface area contributed by atoms with Crippen molar-refractivity contribution in [2.75, 3.05) is 13.2 Å². The molecule has 0 bridgehead atoms. The Hall–Kier alpha value is -0.860. The van der Waals surface area contributed by atoms with Gasteiger partial charge in [0.25, 0.3) is 0 Å². The van der Waals surface area contributed by atoms with Crippen molar-refractivity contribution < 1.29 is 9.47 Å². The summed E-state index contributed by atoms with van der Waals surface area (Å²) in [4.78, 5) is 0. The minimum absolute atomic E-state index is 0.0696. The summed E-state index contributed by atoms with van der Waals surface area (Å²) in [6, 6.07) is 10.6. The Morgan fingerprint density at radius 1 is 1.00 bits per heavy atom. The highest BCUT2D eigenvalue weighted by Crippen LogP contribution is 2.51. The first kappa shape index (κ1) is 8.45. The van der Waals surface area contributed by atoms with Crippen LogP contribution in [-0.2, 0) is 9.47 Å². The first-order chi connectivity index (χ1) is 6.95. The smallest absolute Gasteiger partial charge is 0.161 e. The normalized spacial score (nSPS) is 32.0. The minimum atomic E-state index is 0.0696. The van der Waals surface area contributed by atoms with Crippen LogP contribution in [0.2, 0.25) is 0 Å². The van der Waals surface area contributed by atoms with Crippen molar-refractivity contribution in [2.45, 2.75) is 18.6 Å². The van der Waals surface area contributed by atoms with Crippen molar-refractivity contribution in [1.82, 2.24) is 0 Å². The van der Waals surface area contributed by atoms with Gasteiger partial charge in [-0.2, -0.15) is 0 Å². The average Bonchev–Trinajstić information content (AvgIpc) is 2.87. The number of hydrogen-bond acceptors (Lipinski definition) is 2. The van der Waals surface area contributed by atoms with Crippen LogP contribution in [0.5, 0.6) is 0 Å². The standard InChI is InChI=1S/C12H14O2/c1-2-4-9(5-3-1)10-8-11(10)12-13-6-7-14-12/h1-5,10-12H,6-8H2/t10-,11+/m0/s1. The highest BCUT2D eigenvalue weighted by molar-refractivity contribution is 5.25. The third kappa shape index (κ3) is 1.45. The van der Waals surface area contributed by atoms with E-state index < -0.39 is 0 Å². The fourth-order valence-electron chi connectivity index (χ4n) is 2.22. The number of rotatable bonds is 2. The van der Waals surface area contributed by atoms with Crippen LogP contribution in [0, 0.1) is 5.92 Å². The van der Waals surface area contributed by atoms with E-state index in [1.165, 1.54) is 12.0 Å². The zero-order valence-electron chi connectivity index (χ0n) is 8.06. The topological polar surface area (TPSA) is 18.5 Å². The first-order valence-corrected chi connectivity index (χ1v) is 5.23. The summed E-state index contributed by atoms with van der Waals surface area (Å²) in [7, 11) is 0. The number of hydrogen-bond donors (Lipinski definition) is 0. The minimum Gasteiger partial charge on any atom is -0.350 e. The van der Waals surface area contributed by atoms with Crippen molar-refractivity contribution in [1.29, 1.82) is 0 Å². The molecule has 1 aliphatic carbocycles. The maximum Gasteiger partial charge on any atom is 0.161 e. The van der Waals surface area contributed by atoms with Gasteiger partial charge in [-0.1, -0.05) is 30.3 Å². The second-order valence-electron chi connectivity index (χ2n) is 4.03. The van der Waals surface area contributed by atoms with Crippen molar-refractivity contribution in [3.63, 3.8) is 0 Å². The molecule has 0 amide bonds. The highest BCUT2D eigenvalue weighted by atomic mass is 16.7. The molecule has 1 saturated heterocycles. The quantitative estimate of drug-likeness (QED) is 0.711. The Bertz CT molecular complexity index is 303. The Labute approximate surface area is 83.8 Å². The Morgan fingerprint density at radius 2 is 1.71 bits per heavy atom. The summed E-state index contributed by atoms with van der Waals surface area (Å²) in [5.74, 6) is 1.26. The van der Waals surface area contributed by atoms with E-state index in [-0.39, 0.29) is 6.29 Å². The lowest BCUT2D eigenvalue weighted by Crippen LogP contribution is -2.11. The second kappa shape index (κ2) is 3.37. The lowest BCUT2D eigenvalue weighted by Gasteiger charge is -2.07. The predicted octanol–water partition coefficient (Wildman–Crippen LogP) is 2.16. The van der Waals surface area contributed by atoms with E-state index in [1.54, 1.807) is 0 Å². The van der Waals surface area contributed by atoms with Crippen LogP contribution in [-0.4, -0.2) is 19.5 Å². The molecular formula is C12H14O2. The van der Waals surface area contributed by atoms with Gasteiger partial charge < -0.3 is 9.47 Å². The molecule has 1 aliphatic heterocycles. The van der Waals surface area contributed by atoms with Gasteiger partial charge in [-0.25, -0.2) is 0 Å². The Kier molecular flexibility index (Phi) is 2.03. The number of benzene rings is 1. The molecule has 0 spiro atoms. The summed E-state index contributed by atoms with van der Waals surface area (Å²) < 4.78 is 11.0. The van der Waals surface area contributed by atoms with Crippen LogP contribution in [0.3, 0.4) is 0 Å². The largest absolute Gasteiger partial charge is 0.350 e. The molecule has 1 saturated carbocycles. The van der Waals surface area contributed by atoms with Crippen molar-refractivity contribution >= 4 is 0 Å². The van der Waals surface area contributed by atoms with E-state index in [9.17, 15) is 0 Å². The van der Waals surface area contributed by atoms with E-state index in [2.05, 4.69) is 30.3 Å². The van der Waals surface area contributed by atoms with Crippen molar-refractivity contribution in [3.8, 4) is 0 Å². The lowest BCUT2D eigenvalue weighted by molar-refractivity contribution is -0.0586. The third-order valence-corrected chi connectivity index (χ3v) is 3.06. The maximum absolute atomic E-state index is 5.51. The summed E-state index contributed by atoms with van der Waals surface area (Å²) in [5, 5.41) is 0. The van der Waals surface area contributed by atoms with Crippen LogP contribution in [0.15, 0.2) is 30.3 Å². The molecule has 2 heteroatoms. The molecule has 2 aliphatic rings. The molecule has 1 aromatic carbocycles. The maximum atomic E-state index is 5.51. The molecule has 0 radical (unpaired) electrons. The molecule has 0 unspecified atom stereocenters. The monoisotopic (exact) mass is 190 g/mol. The fourth-order valence-corrected chi connectivity index (χ4v) is 2.22. The third-order valence-electron chi connectivity index (χ3n) is 3.06. The van der Waals surface area contributed by atoms with Gasteiger partial charge in [0.1, 0.15) is 0 Å². The molecule has 2 fully saturated rings. The Balaban J connectivity index is 1.68. The summed E-state index contributed by atoms with van der Waals surface area (Å²) in [5.41, 5.74) is 1.43. The van der Waals surface area contributed by atoms with Crippen molar-refractivity contribution in [3.05, 3.63) is 35.9 Å². The molecular weight excluding hydrogens is 176 g/mol. The van der Waals surface area contributed by atoms with Crippen LogP contribution >= 0.6 is 0 Å². The van der Waals surface area contributed by atoms with Gasteiger partial charge in [-0.15, -0.1) is 0 Å². The Morgan fingerprint density at radius 3 is 2.43 bits per heavy atom. The molecule has 2 atom stereocenters. The molecule has 0 aromatic heterocycles. The number of ether oxygens (including phenoxy) is 2. The van der Waals surface area contributed by atoms with Crippen LogP contribution in [0.1, 0.15) is 17.9 Å². The molecule has 2 nitrogen and oxygen atoms in total. The highest BCUT2D eigenvalue weighted by Gasteiger charge is 2.46. The van der Waals surface area contributed by atoms with E-state index in [0.29, 0.717) is 11.8 Å². The molecule has 1 aromatic rings. The zero-order valence-corrected chi connectivity index (χ0v) is 8.06. The second-order valence-corrected chi connectivity index (χ2v) is 4.03. The van der Waals surface area contributed by atoms with E-state index >= 15 is 0 Å². The zero-order chi connectivity index (χ0) is 9.38. The van der Waals surface area contributed by atoms with Crippen LogP contribution in [0.25, 0.3) is 0 Å². The summed E-state index contributed by atoms with van der Waals surface area (Å²) in [6.45, 7) is 1.53. The van der Waals surface area contributed by atoms with Gasteiger partial charge >= 0.3 is 0 Å². The predicted molar refractivity (Wildman–Crippen MR) is 53.0 cm³/mol. The van der Waals surface area contributed by atoms with E-state index in [4.69, 9.17) is 9.47 Å². The van der Waals surface area contributed by atoms with Gasteiger partial charge in [0, 0.05) is 5.92 Å². The average molecular weight is 190 g/mol. The van der Waals surface area contributed by atoms with Crippen LogP contribution < -0.4 is 0 Å². The van der Waals surface area contributed by atoms with E-state index in [1.807, 2.05) is 0 Å². The molecule has 0 N–H and O–H groups in total. The first-order valence-electron chi connectivity index (χ1n) is 5.23. The molecule has 3 rings (SSSR count). The van der Waals surface area contributed by atoms with Gasteiger partial charge in [0.15, 0.2) is 6.29 Å². The van der Waals surface area contributed by atoms with E-state index in [0.717, 1.165) is 13.2 Å². The lowest BCUT2D eigenvalue weighted by atomic mass is 10.1. The van der Waals surface area contributed by atoms with Crippen LogP contribution in [0.4, 0.5) is 0 Å². The molecule has 1 heterocycles. The fraction of sp³-hybridized carbons (Fsp3) is 0.500. The van der Waals surface area contributed by atoms with Gasteiger partial charge in [-0.3, -0.25) is 0 Å². The van der Waals surface area contributed by atoms with Gasteiger partial charge in [0.2, 0.25) is 0 Å². The van der Waals surface area contributed by atoms with Gasteiger partial charge in [0.05, 0.1) is 13.2 Å². The molecule has 74 valence electrons.